The highest BCUT2D eigenvalue weighted by atomic mass is 19.1. The number of carbonyl (C=O) groups excluding carboxylic acids is 1. The molecule has 0 saturated heterocycles. The summed E-state index contributed by atoms with van der Waals surface area (Å²) in [6.45, 7) is 1.76. The molecular weight excluding hydrogens is 467 g/mol. The van der Waals surface area contributed by atoms with E-state index >= 15 is 0 Å². The molecule has 0 spiro atoms. The second-order valence-corrected chi connectivity index (χ2v) is 9.86. The monoisotopic (exact) mass is 492 g/mol. The molecule has 0 atom stereocenters. The number of methoxy groups -OCH3 is 1. The highest BCUT2D eigenvalue weighted by Crippen LogP contribution is 2.53. The summed E-state index contributed by atoms with van der Waals surface area (Å²) in [4.78, 5) is 12.1. The van der Waals surface area contributed by atoms with Crippen LogP contribution in [0.2, 0.25) is 0 Å². The number of ether oxygens (including phenoxy) is 1. The highest BCUT2D eigenvalue weighted by Gasteiger charge is 2.44. The SMILES string of the molecule is COC(=O)c1ccc(-c2c(C3(CC#N)CCC3)n(-c3ccc(F)c(C)c3)c3cc4cn[nH]c4cc23)cc1. The third kappa shape index (κ3) is 3.52. The van der Waals surface area contributed by atoms with Crippen LogP contribution in [0.4, 0.5) is 4.39 Å². The van der Waals surface area contributed by atoms with Gasteiger partial charge >= 0.3 is 5.97 Å². The van der Waals surface area contributed by atoms with Crippen LogP contribution in [0, 0.1) is 24.1 Å². The molecule has 1 aliphatic carbocycles. The Bertz CT molecular complexity index is 1720. The zero-order valence-corrected chi connectivity index (χ0v) is 20.6. The van der Waals surface area contributed by atoms with Crippen LogP contribution in [0.15, 0.2) is 60.8 Å². The topological polar surface area (TPSA) is 83.7 Å². The van der Waals surface area contributed by atoms with Gasteiger partial charge in [0, 0.05) is 39.6 Å². The largest absolute Gasteiger partial charge is 0.465 e. The van der Waals surface area contributed by atoms with E-state index in [4.69, 9.17) is 4.74 Å². The molecule has 0 amide bonds. The summed E-state index contributed by atoms with van der Waals surface area (Å²) < 4.78 is 21.4. The zero-order valence-electron chi connectivity index (χ0n) is 20.6. The number of esters is 1. The molecule has 6 rings (SSSR count). The molecule has 0 unspecified atom stereocenters. The quantitative estimate of drug-likeness (QED) is 0.275. The van der Waals surface area contributed by atoms with Crippen LogP contribution in [0.5, 0.6) is 0 Å². The summed E-state index contributed by atoms with van der Waals surface area (Å²) in [6.07, 6.45) is 5.00. The fourth-order valence-electron chi connectivity index (χ4n) is 5.70. The number of H-pyrrole nitrogens is 1. The maximum Gasteiger partial charge on any atom is 0.337 e. The molecule has 0 radical (unpaired) electrons. The Balaban J connectivity index is 1.74. The fourth-order valence-corrected chi connectivity index (χ4v) is 5.70. The Hall–Kier alpha value is -4.44. The van der Waals surface area contributed by atoms with Gasteiger partial charge in [-0.3, -0.25) is 5.10 Å². The predicted molar refractivity (Wildman–Crippen MR) is 140 cm³/mol. The molecular formula is C30H25FN4O2. The molecule has 5 aromatic rings. The van der Waals surface area contributed by atoms with Crippen molar-refractivity contribution in [2.45, 2.75) is 38.0 Å². The Morgan fingerprint density at radius 2 is 1.97 bits per heavy atom. The molecule has 0 aliphatic heterocycles. The highest BCUT2D eigenvalue weighted by molar-refractivity contribution is 6.06. The van der Waals surface area contributed by atoms with Gasteiger partial charge in [0.1, 0.15) is 5.82 Å². The smallest absolute Gasteiger partial charge is 0.337 e. The van der Waals surface area contributed by atoms with Crippen LogP contribution in [0.25, 0.3) is 38.6 Å². The van der Waals surface area contributed by atoms with Crippen molar-refractivity contribution in [1.29, 1.82) is 5.26 Å². The minimum absolute atomic E-state index is 0.256. The van der Waals surface area contributed by atoms with Gasteiger partial charge in [0.05, 0.1) is 36.0 Å². The van der Waals surface area contributed by atoms with Gasteiger partial charge in [-0.2, -0.15) is 10.4 Å². The van der Waals surface area contributed by atoms with E-state index in [0.29, 0.717) is 17.5 Å². The Morgan fingerprint density at radius 1 is 1.19 bits per heavy atom. The number of rotatable bonds is 5. The van der Waals surface area contributed by atoms with Crippen LogP contribution in [0.1, 0.15) is 47.3 Å². The van der Waals surface area contributed by atoms with Crippen molar-refractivity contribution in [1.82, 2.24) is 14.8 Å². The van der Waals surface area contributed by atoms with Crippen LogP contribution < -0.4 is 0 Å². The van der Waals surface area contributed by atoms with Crippen LogP contribution in [-0.4, -0.2) is 27.8 Å². The first kappa shape index (κ1) is 23.0. The summed E-state index contributed by atoms with van der Waals surface area (Å²) >= 11 is 0. The number of nitriles is 1. The number of nitrogens with zero attached hydrogens (tertiary/aromatic N) is 3. The van der Waals surface area contributed by atoms with Crippen molar-refractivity contribution >= 4 is 27.8 Å². The molecule has 1 fully saturated rings. The number of benzene rings is 3. The normalized spacial score (nSPS) is 14.4. The van der Waals surface area contributed by atoms with E-state index < -0.39 is 5.97 Å². The van der Waals surface area contributed by atoms with Gasteiger partial charge in [0.15, 0.2) is 0 Å². The van der Waals surface area contributed by atoms with E-state index in [-0.39, 0.29) is 11.2 Å². The third-order valence-electron chi connectivity index (χ3n) is 7.75. The molecule has 1 aliphatic rings. The van der Waals surface area contributed by atoms with Crippen molar-refractivity contribution in [3.8, 4) is 22.9 Å². The average Bonchev–Trinajstić information content (AvgIpc) is 3.48. The van der Waals surface area contributed by atoms with E-state index in [1.54, 1.807) is 31.3 Å². The summed E-state index contributed by atoms with van der Waals surface area (Å²) in [5.74, 6) is -0.650. The number of hydrogen-bond donors (Lipinski definition) is 1. The van der Waals surface area contributed by atoms with Crippen LogP contribution in [0.3, 0.4) is 0 Å². The number of aryl methyl sites for hydroxylation is 1. The minimum atomic E-state index is -0.393. The van der Waals surface area contributed by atoms with Gasteiger partial charge in [0.2, 0.25) is 0 Å². The Morgan fingerprint density at radius 3 is 2.62 bits per heavy atom. The first-order valence-corrected chi connectivity index (χ1v) is 12.3. The first-order valence-electron chi connectivity index (χ1n) is 12.3. The Labute approximate surface area is 213 Å². The average molecular weight is 493 g/mol. The lowest BCUT2D eigenvalue weighted by Crippen LogP contribution is -2.36. The summed E-state index contributed by atoms with van der Waals surface area (Å²) in [7, 11) is 1.37. The molecule has 2 aromatic heterocycles. The lowest BCUT2D eigenvalue weighted by molar-refractivity contribution is 0.0600. The van der Waals surface area contributed by atoms with E-state index in [0.717, 1.165) is 63.6 Å². The summed E-state index contributed by atoms with van der Waals surface area (Å²) in [5.41, 5.74) is 6.41. The van der Waals surface area contributed by atoms with Gasteiger partial charge in [-0.05, 0) is 73.4 Å². The molecule has 3 aromatic carbocycles. The van der Waals surface area contributed by atoms with E-state index in [1.807, 2.05) is 18.2 Å². The summed E-state index contributed by atoms with van der Waals surface area (Å²) in [5, 5.41) is 19.1. The van der Waals surface area contributed by atoms with E-state index in [2.05, 4.69) is 33.0 Å². The minimum Gasteiger partial charge on any atom is -0.465 e. The molecule has 2 heterocycles. The molecule has 1 N–H and O–H groups in total. The van der Waals surface area contributed by atoms with E-state index in [9.17, 15) is 14.4 Å². The van der Waals surface area contributed by atoms with Crippen LogP contribution in [-0.2, 0) is 10.2 Å². The van der Waals surface area contributed by atoms with Gasteiger partial charge in [0.25, 0.3) is 0 Å². The number of fused-ring (bicyclic) bond motifs is 2. The van der Waals surface area contributed by atoms with E-state index in [1.165, 1.54) is 13.2 Å². The number of carbonyl (C=O) groups is 1. The maximum absolute atomic E-state index is 14.3. The van der Waals surface area contributed by atoms with Crippen LogP contribution >= 0.6 is 0 Å². The van der Waals surface area contributed by atoms with Gasteiger partial charge in [-0.1, -0.05) is 18.6 Å². The second kappa shape index (κ2) is 8.59. The first-order chi connectivity index (χ1) is 18.0. The molecule has 37 heavy (non-hydrogen) atoms. The zero-order chi connectivity index (χ0) is 25.7. The second-order valence-electron chi connectivity index (χ2n) is 9.86. The predicted octanol–water partition coefficient (Wildman–Crippen LogP) is 6.74. The molecule has 1 saturated carbocycles. The fraction of sp³-hybridized carbons (Fsp3) is 0.233. The number of aromatic nitrogens is 3. The lowest BCUT2D eigenvalue weighted by atomic mass is 9.63. The standard InChI is InChI=1S/C30H25FN4O2/c1-18-14-22(8-9-24(18)31)35-26-15-21-17-33-34-25(21)16-23(26)27(28(35)30(12-13-32)10-3-11-30)19-4-6-20(7-5-19)29(36)37-2/h4-9,14-17H,3,10-12H2,1-2H3,(H,33,34). The number of nitrogens with one attached hydrogen (secondary N) is 1. The molecule has 0 bridgehead atoms. The van der Waals surface area contributed by atoms with Crippen molar-refractivity contribution in [2.24, 2.45) is 0 Å². The van der Waals surface area contributed by atoms with Crippen molar-refractivity contribution in [2.75, 3.05) is 7.11 Å². The number of hydrogen-bond acceptors (Lipinski definition) is 4. The third-order valence-corrected chi connectivity index (χ3v) is 7.75. The lowest BCUT2D eigenvalue weighted by Gasteiger charge is -2.42. The molecule has 7 heteroatoms. The summed E-state index contributed by atoms with van der Waals surface area (Å²) in [6, 6.07) is 19.2. The van der Waals surface area contributed by atoms with Crippen molar-refractivity contribution < 1.29 is 13.9 Å². The van der Waals surface area contributed by atoms with Crippen molar-refractivity contribution in [3.63, 3.8) is 0 Å². The number of aromatic amines is 1. The van der Waals surface area contributed by atoms with Gasteiger partial charge in [-0.15, -0.1) is 0 Å². The van der Waals surface area contributed by atoms with Crippen molar-refractivity contribution in [3.05, 3.63) is 83.4 Å². The van der Waals surface area contributed by atoms with Gasteiger partial charge in [-0.25, -0.2) is 9.18 Å². The van der Waals surface area contributed by atoms with Gasteiger partial charge < -0.3 is 9.30 Å². The number of halogens is 1. The molecule has 6 nitrogen and oxygen atoms in total. The Kier molecular flexibility index (Phi) is 5.34. The molecule has 184 valence electrons. The maximum atomic E-state index is 14.3.